The smallest absolute Gasteiger partial charge is 0.248 e. The third-order valence-corrected chi connectivity index (χ3v) is 2.82. The van der Waals surface area contributed by atoms with Crippen LogP contribution in [0.4, 0.5) is 0 Å². The molecule has 1 fully saturated rings. The van der Waals surface area contributed by atoms with Crippen molar-refractivity contribution in [3.63, 3.8) is 0 Å². The van der Waals surface area contributed by atoms with Gasteiger partial charge in [0.2, 0.25) is 11.8 Å². The van der Waals surface area contributed by atoms with Crippen LogP contribution >= 0.6 is 0 Å². The van der Waals surface area contributed by atoms with E-state index in [1.807, 2.05) is 13.0 Å². The lowest BCUT2D eigenvalue weighted by Gasteiger charge is -2.35. The molecule has 0 aliphatic carbocycles. The van der Waals surface area contributed by atoms with Gasteiger partial charge in [0.1, 0.15) is 6.61 Å². The molecule has 0 aromatic heterocycles. The number of primary amides is 1. The van der Waals surface area contributed by atoms with E-state index < -0.39 is 11.4 Å². The molecule has 2 amide bonds. The third kappa shape index (κ3) is 2.29. The molecule has 1 aromatic carbocycles. The standard InChI is InChI=1S/C12H14N2O3/c1-12(7-17-6-10(15)14-12)9-4-2-3-8(5-9)11(13)16/h2-5H,6-7H2,1H3,(H2,13,16)(H,14,15). The summed E-state index contributed by atoms with van der Waals surface area (Å²) in [5, 5.41) is 2.86. The molecule has 5 heteroatoms. The Bertz CT molecular complexity index is 473. The van der Waals surface area contributed by atoms with Crippen molar-refractivity contribution in [1.82, 2.24) is 5.32 Å². The van der Waals surface area contributed by atoms with Gasteiger partial charge in [-0.05, 0) is 24.6 Å². The summed E-state index contributed by atoms with van der Waals surface area (Å²) in [4.78, 5) is 22.5. The van der Waals surface area contributed by atoms with Crippen LogP contribution in [-0.4, -0.2) is 25.0 Å². The van der Waals surface area contributed by atoms with Gasteiger partial charge in [-0.2, -0.15) is 0 Å². The van der Waals surface area contributed by atoms with E-state index in [9.17, 15) is 9.59 Å². The number of rotatable bonds is 2. The summed E-state index contributed by atoms with van der Waals surface area (Å²) >= 11 is 0. The Morgan fingerprint density at radius 3 is 2.94 bits per heavy atom. The van der Waals surface area contributed by atoms with Gasteiger partial charge >= 0.3 is 0 Å². The Morgan fingerprint density at radius 2 is 2.29 bits per heavy atom. The van der Waals surface area contributed by atoms with E-state index in [1.165, 1.54) is 0 Å². The average molecular weight is 234 g/mol. The van der Waals surface area contributed by atoms with Crippen LogP contribution in [0.25, 0.3) is 0 Å². The monoisotopic (exact) mass is 234 g/mol. The molecule has 0 bridgehead atoms. The normalized spacial score (nSPS) is 24.2. The Balaban J connectivity index is 2.35. The molecule has 1 aliphatic rings. The van der Waals surface area contributed by atoms with E-state index in [-0.39, 0.29) is 12.5 Å². The van der Waals surface area contributed by atoms with Crippen LogP contribution in [0.2, 0.25) is 0 Å². The number of benzene rings is 1. The number of hydrogen-bond donors (Lipinski definition) is 2. The Hall–Kier alpha value is -1.88. The van der Waals surface area contributed by atoms with Crippen LogP contribution < -0.4 is 11.1 Å². The lowest BCUT2D eigenvalue weighted by atomic mass is 9.90. The SMILES string of the molecule is CC1(c2cccc(C(N)=O)c2)COCC(=O)N1. The summed E-state index contributed by atoms with van der Waals surface area (Å²) in [6.07, 6.45) is 0. The summed E-state index contributed by atoms with van der Waals surface area (Å²) in [5.74, 6) is -0.651. The summed E-state index contributed by atoms with van der Waals surface area (Å²) < 4.78 is 5.22. The second-order valence-corrected chi connectivity index (χ2v) is 4.32. The van der Waals surface area contributed by atoms with Crippen LogP contribution in [0.15, 0.2) is 24.3 Å². The predicted octanol–water partition coefficient (Wildman–Crippen LogP) is 0.147. The van der Waals surface area contributed by atoms with Crippen molar-refractivity contribution in [1.29, 1.82) is 0 Å². The van der Waals surface area contributed by atoms with Crippen molar-refractivity contribution in [3.8, 4) is 0 Å². The van der Waals surface area contributed by atoms with Crippen LogP contribution in [0.3, 0.4) is 0 Å². The molecule has 1 saturated heterocycles. The molecule has 0 radical (unpaired) electrons. The van der Waals surface area contributed by atoms with Gasteiger partial charge in [-0.15, -0.1) is 0 Å². The molecule has 0 spiro atoms. The summed E-state index contributed by atoms with van der Waals surface area (Å²) in [6.45, 7) is 2.30. The van der Waals surface area contributed by atoms with Gasteiger partial charge in [0.25, 0.3) is 0 Å². The van der Waals surface area contributed by atoms with Gasteiger partial charge in [0.05, 0.1) is 12.1 Å². The zero-order chi connectivity index (χ0) is 12.5. The van der Waals surface area contributed by atoms with E-state index in [0.717, 1.165) is 5.56 Å². The van der Waals surface area contributed by atoms with Gasteiger partial charge in [-0.3, -0.25) is 9.59 Å². The van der Waals surface area contributed by atoms with Gasteiger partial charge in [0.15, 0.2) is 0 Å². The Morgan fingerprint density at radius 1 is 1.53 bits per heavy atom. The first-order valence-electron chi connectivity index (χ1n) is 5.30. The fourth-order valence-electron chi connectivity index (χ4n) is 1.90. The van der Waals surface area contributed by atoms with Gasteiger partial charge in [-0.1, -0.05) is 12.1 Å². The highest BCUT2D eigenvalue weighted by Crippen LogP contribution is 2.24. The highest BCUT2D eigenvalue weighted by Gasteiger charge is 2.33. The molecule has 1 atom stereocenters. The predicted molar refractivity (Wildman–Crippen MR) is 61.3 cm³/mol. The van der Waals surface area contributed by atoms with Crippen LogP contribution in [-0.2, 0) is 15.1 Å². The molecule has 1 aliphatic heterocycles. The number of nitrogens with one attached hydrogen (secondary N) is 1. The number of ether oxygens (including phenoxy) is 1. The maximum absolute atomic E-state index is 11.3. The summed E-state index contributed by atoms with van der Waals surface area (Å²) in [6, 6.07) is 6.89. The second kappa shape index (κ2) is 4.18. The van der Waals surface area contributed by atoms with Gasteiger partial charge < -0.3 is 15.8 Å². The van der Waals surface area contributed by atoms with Crippen molar-refractivity contribution in [2.75, 3.05) is 13.2 Å². The van der Waals surface area contributed by atoms with E-state index in [2.05, 4.69) is 5.32 Å². The number of morpholine rings is 1. The Kier molecular flexibility index (Phi) is 2.85. The van der Waals surface area contributed by atoms with Crippen molar-refractivity contribution >= 4 is 11.8 Å². The lowest BCUT2D eigenvalue weighted by Crippen LogP contribution is -2.52. The molecule has 90 valence electrons. The minimum Gasteiger partial charge on any atom is -0.369 e. The molecule has 17 heavy (non-hydrogen) atoms. The zero-order valence-electron chi connectivity index (χ0n) is 9.53. The topological polar surface area (TPSA) is 81.4 Å². The first-order chi connectivity index (χ1) is 8.01. The first-order valence-corrected chi connectivity index (χ1v) is 5.30. The second-order valence-electron chi connectivity index (χ2n) is 4.32. The minimum atomic E-state index is -0.610. The van der Waals surface area contributed by atoms with E-state index >= 15 is 0 Å². The van der Waals surface area contributed by atoms with Gasteiger partial charge in [-0.25, -0.2) is 0 Å². The number of carbonyl (C=O) groups is 2. The van der Waals surface area contributed by atoms with Crippen molar-refractivity contribution in [3.05, 3.63) is 35.4 Å². The molecule has 1 unspecified atom stereocenters. The molecule has 5 nitrogen and oxygen atoms in total. The van der Waals surface area contributed by atoms with E-state index in [0.29, 0.717) is 12.2 Å². The first kappa shape index (κ1) is 11.6. The van der Waals surface area contributed by atoms with E-state index in [4.69, 9.17) is 10.5 Å². The van der Waals surface area contributed by atoms with Crippen LogP contribution in [0.1, 0.15) is 22.8 Å². The summed E-state index contributed by atoms with van der Waals surface area (Å²) in [5.41, 5.74) is 5.84. The molecular formula is C12H14N2O3. The Labute approximate surface area is 98.9 Å². The fraction of sp³-hybridized carbons (Fsp3) is 0.333. The van der Waals surface area contributed by atoms with Crippen molar-refractivity contribution in [2.45, 2.75) is 12.5 Å². The molecule has 2 rings (SSSR count). The van der Waals surface area contributed by atoms with E-state index in [1.54, 1.807) is 18.2 Å². The van der Waals surface area contributed by atoms with Gasteiger partial charge in [0, 0.05) is 5.56 Å². The minimum absolute atomic E-state index is 0.0745. The molecule has 3 N–H and O–H groups in total. The largest absolute Gasteiger partial charge is 0.369 e. The maximum Gasteiger partial charge on any atom is 0.248 e. The highest BCUT2D eigenvalue weighted by atomic mass is 16.5. The third-order valence-electron chi connectivity index (χ3n) is 2.82. The molecule has 1 aromatic rings. The average Bonchev–Trinajstić information content (AvgIpc) is 2.29. The van der Waals surface area contributed by atoms with Crippen LogP contribution in [0.5, 0.6) is 0 Å². The number of nitrogens with two attached hydrogens (primary N) is 1. The number of carbonyl (C=O) groups excluding carboxylic acids is 2. The number of hydrogen-bond acceptors (Lipinski definition) is 3. The van der Waals surface area contributed by atoms with Crippen molar-refractivity contribution in [2.24, 2.45) is 5.73 Å². The van der Waals surface area contributed by atoms with Crippen LogP contribution in [0, 0.1) is 0 Å². The lowest BCUT2D eigenvalue weighted by molar-refractivity contribution is -0.135. The maximum atomic E-state index is 11.3. The fourth-order valence-corrected chi connectivity index (χ4v) is 1.90. The molecule has 0 saturated carbocycles. The highest BCUT2D eigenvalue weighted by molar-refractivity contribution is 5.93. The summed E-state index contributed by atoms with van der Waals surface area (Å²) in [7, 11) is 0. The number of amides is 2. The zero-order valence-corrected chi connectivity index (χ0v) is 9.53. The van der Waals surface area contributed by atoms with Crippen molar-refractivity contribution < 1.29 is 14.3 Å². The quantitative estimate of drug-likeness (QED) is 0.764. The molecule has 1 heterocycles. The molecular weight excluding hydrogens is 220 g/mol.